The lowest BCUT2D eigenvalue weighted by Gasteiger charge is -2.31. The van der Waals surface area contributed by atoms with E-state index < -0.39 is 0 Å². The Bertz CT molecular complexity index is 675. The topological polar surface area (TPSA) is 51.0 Å². The average molecular weight is 342 g/mol. The van der Waals surface area contributed by atoms with Gasteiger partial charge in [0.15, 0.2) is 0 Å². The molecule has 0 aliphatic heterocycles. The van der Waals surface area contributed by atoms with Crippen LogP contribution in [-0.4, -0.2) is 38.4 Å². The van der Waals surface area contributed by atoms with E-state index in [0.717, 1.165) is 43.3 Å². The third-order valence-electron chi connectivity index (χ3n) is 5.48. The highest BCUT2D eigenvalue weighted by atomic mass is 16.2. The van der Waals surface area contributed by atoms with Gasteiger partial charge in [0.1, 0.15) is 0 Å². The SMILES string of the molecule is CN(C(=O)CCCCCCn1cnc2ccncc21)C1CCCCC1. The number of amides is 1. The summed E-state index contributed by atoms with van der Waals surface area (Å²) >= 11 is 0. The molecular formula is C20H30N4O. The van der Waals surface area contributed by atoms with Crippen LogP contribution in [0.15, 0.2) is 24.8 Å². The van der Waals surface area contributed by atoms with Crippen molar-refractivity contribution in [3.05, 3.63) is 24.8 Å². The second kappa shape index (κ2) is 8.97. The number of aryl methyl sites for hydroxylation is 1. The minimum atomic E-state index is 0.332. The Labute approximate surface area is 150 Å². The first kappa shape index (κ1) is 17.9. The summed E-state index contributed by atoms with van der Waals surface area (Å²) in [6, 6.07) is 2.43. The molecule has 0 atom stereocenters. The van der Waals surface area contributed by atoms with Crippen molar-refractivity contribution in [1.29, 1.82) is 0 Å². The van der Waals surface area contributed by atoms with E-state index in [0.29, 0.717) is 18.4 Å². The number of rotatable bonds is 8. The second-order valence-corrected chi connectivity index (χ2v) is 7.26. The van der Waals surface area contributed by atoms with Gasteiger partial charge in [-0.15, -0.1) is 0 Å². The molecule has 0 radical (unpaired) electrons. The van der Waals surface area contributed by atoms with Gasteiger partial charge in [0.05, 0.1) is 23.6 Å². The quantitative estimate of drug-likeness (QED) is 0.677. The number of hydrogen-bond acceptors (Lipinski definition) is 3. The molecule has 0 unspecified atom stereocenters. The van der Waals surface area contributed by atoms with Gasteiger partial charge in [-0.25, -0.2) is 4.98 Å². The molecule has 3 rings (SSSR count). The molecule has 0 bridgehead atoms. The lowest BCUT2D eigenvalue weighted by molar-refractivity contribution is -0.132. The maximum absolute atomic E-state index is 12.3. The molecule has 25 heavy (non-hydrogen) atoms. The molecule has 136 valence electrons. The second-order valence-electron chi connectivity index (χ2n) is 7.26. The number of imidazole rings is 1. The fourth-order valence-electron chi connectivity index (χ4n) is 3.84. The molecule has 1 aliphatic rings. The third-order valence-corrected chi connectivity index (χ3v) is 5.48. The van der Waals surface area contributed by atoms with Crippen molar-refractivity contribution in [3.63, 3.8) is 0 Å². The number of pyridine rings is 1. The van der Waals surface area contributed by atoms with Gasteiger partial charge in [0.25, 0.3) is 0 Å². The van der Waals surface area contributed by atoms with E-state index in [4.69, 9.17) is 0 Å². The van der Waals surface area contributed by atoms with Gasteiger partial charge in [0.2, 0.25) is 5.91 Å². The lowest BCUT2D eigenvalue weighted by atomic mass is 9.94. The number of unbranched alkanes of at least 4 members (excludes halogenated alkanes) is 3. The zero-order chi connectivity index (χ0) is 17.5. The van der Waals surface area contributed by atoms with Gasteiger partial charge in [-0.3, -0.25) is 9.78 Å². The standard InChI is InChI=1S/C20H30N4O/c1-23(17-9-5-4-6-10-17)20(25)11-7-2-3-8-14-24-16-22-18-12-13-21-15-19(18)24/h12-13,15-17H,2-11,14H2,1H3. The van der Waals surface area contributed by atoms with Crippen LogP contribution in [-0.2, 0) is 11.3 Å². The van der Waals surface area contributed by atoms with Crippen LogP contribution in [0, 0.1) is 0 Å². The largest absolute Gasteiger partial charge is 0.343 e. The molecule has 0 N–H and O–H groups in total. The lowest BCUT2D eigenvalue weighted by Crippen LogP contribution is -2.38. The molecule has 1 saturated carbocycles. The average Bonchev–Trinajstić information content (AvgIpc) is 3.07. The molecule has 1 fully saturated rings. The number of hydrogen-bond donors (Lipinski definition) is 0. The van der Waals surface area contributed by atoms with E-state index in [1.165, 1.54) is 32.1 Å². The summed E-state index contributed by atoms with van der Waals surface area (Å²) in [4.78, 5) is 22.9. The van der Waals surface area contributed by atoms with Crippen LogP contribution < -0.4 is 0 Å². The van der Waals surface area contributed by atoms with Crippen molar-refractivity contribution in [2.75, 3.05) is 7.05 Å². The van der Waals surface area contributed by atoms with Crippen LogP contribution in [0.5, 0.6) is 0 Å². The zero-order valence-corrected chi connectivity index (χ0v) is 15.4. The van der Waals surface area contributed by atoms with Crippen LogP contribution in [0.1, 0.15) is 64.2 Å². The Kier molecular flexibility index (Phi) is 6.42. The van der Waals surface area contributed by atoms with Crippen LogP contribution in [0.4, 0.5) is 0 Å². The molecular weight excluding hydrogens is 312 g/mol. The fourth-order valence-corrected chi connectivity index (χ4v) is 3.84. The van der Waals surface area contributed by atoms with Crippen molar-refractivity contribution >= 4 is 16.9 Å². The molecule has 2 heterocycles. The van der Waals surface area contributed by atoms with Gasteiger partial charge < -0.3 is 9.47 Å². The van der Waals surface area contributed by atoms with Crippen molar-refractivity contribution in [3.8, 4) is 0 Å². The van der Waals surface area contributed by atoms with Crippen molar-refractivity contribution < 1.29 is 4.79 Å². The van der Waals surface area contributed by atoms with Crippen molar-refractivity contribution in [1.82, 2.24) is 19.4 Å². The molecule has 1 aliphatic carbocycles. The van der Waals surface area contributed by atoms with E-state index in [2.05, 4.69) is 14.5 Å². The maximum Gasteiger partial charge on any atom is 0.222 e. The number of carbonyl (C=O) groups excluding carboxylic acids is 1. The van der Waals surface area contributed by atoms with Gasteiger partial charge in [0, 0.05) is 32.3 Å². The summed E-state index contributed by atoms with van der Waals surface area (Å²) in [6.07, 6.45) is 16.9. The number of fused-ring (bicyclic) bond motifs is 1. The normalized spacial score (nSPS) is 15.6. The zero-order valence-electron chi connectivity index (χ0n) is 15.4. The molecule has 2 aromatic heterocycles. The van der Waals surface area contributed by atoms with Crippen LogP contribution in [0.2, 0.25) is 0 Å². The smallest absolute Gasteiger partial charge is 0.222 e. The summed E-state index contributed by atoms with van der Waals surface area (Å²) in [5.41, 5.74) is 2.11. The Morgan fingerprint density at radius 1 is 1.20 bits per heavy atom. The first-order valence-corrected chi connectivity index (χ1v) is 9.76. The molecule has 0 saturated heterocycles. The van der Waals surface area contributed by atoms with Gasteiger partial charge >= 0.3 is 0 Å². The highest BCUT2D eigenvalue weighted by Gasteiger charge is 2.21. The maximum atomic E-state index is 12.3. The highest BCUT2D eigenvalue weighted by Crippen LogP contribution is 2.22. The minimum absolute atomic E-state index is 0.332. The van der Waals surface area contributed by atoms with Crippen LogP contribution >= 0.6 is 0 Å². The summed E-state index contributed by atoms with van der Waals surface area (Å²) in [5.74, 6) is 0.332. The van der Waals surface area contributed by atoms with Gasteiger partial charge in [-0.2, -0.15) is 0 Å². The molecule has 1 amide bonds. The van der Waals surface area contributed by atoms with E-state index >= 15 is 0 Å². The molecule has 0 spiro atoms. The first-order valence-electron chi connectivity index (χ1n) is 9.76. The Morgan fingerprint density at radius 3 is 2.84 bits per heavy atom. The Hall–Kier alpha value is -1.91. The van der Waals surface area contributed by atoms with Gasteiger partial charge in [-0.05, 0) is 31.7 Å². The van der Waals surface area contributed by atoms with Crippen molar-refractivity contribution in [2.24, 2.45) is 0 Å². The van der Waals surface area contributed by atoms with Crippen molar-refractivity contribution in [2.45, 2.75) is 76.8 Å². The Balaban J connectivity index is 1.31. The molecule has 2 aromatic rings. The van der Waals surface area contributed by atoms with E-state index in [1.807, 2.05) is 30.5 Å². The minimum Gasteiger partial charge on any atom is -0.343 e. The first-order chi connectivity index (χ1) is 12.3. The third kappa shape index (κ3) is 4.80. The number of nitrogens with zero attached hydrogens (tertiary/aromatic N) is 4. The fraction of sp³-hybridized carbons (Fsp3) is 0.650. The number of carbonyl (C=O) groups is 1. The Morgan fingerprint density at radius 2 is 2.00 bits per heavy atom. The van der Waals surface area contributed by atoms with Crippen LogP contribution in [0.3, 0.4) is 0 Å². The summed E-state index contributed by atoms with van der Waals surface area (Å²) < 4.78 is 2.17. The van der Waals surface area contributed by atoms with Crippen LogP contribution in [0.25, 0.3) is 11.0 Å². The van der Waals surface area contributed by atoms with Gasteiger partial charge in [-0.1, -0.05) is 32.1 Å². The number of aromatic nitrogens is 3. The predicted molar refractivity (Wildman–Crippen MR) is 100 cm³/mol. The summed E-state index contributed by atoms with van der Waals surface area (Å²) in [6.45, 7) is 0.970. The van der Waals surface area contributed by atoms with E-state index in [9.17, 15) is 4.79 Å². The summed E-state index contributed by atoms with van der Waals surface area (Å²) in [7, 11) is 2.00. The predicted octanol–water partition coefficient (Wildman–Crippen LogP) is 4.17. The molecule has 5 heteroatoms. The monoisotopic (exact) mass is 342 g/mol. The molecule has 0 aromatic carbocycles. The highest BCUT2D eigenvalue weighted by molar-refractivity contribution is 5.76. The summed E-state index contributed by atoms with van der Waals surface area (Å²) in [5, 5.41) is 0. The van der Waals surface area contributed by atoms with E-state index in [1.54, 1.807) is 6.20 Å². The van der Waals surface area contributed by atoms with E-state index in [-0.39, 0.29) is 0 Å². The molecule has 5 nitrogen and oxygen atoms in total.